The first-order valence-corrected chi connectivity index (χ1v) is 5.58. The Morgan fingerprint density at radius 1 is 1.31 bits per heavy atom. The van der Waals surface area contributed by atoms with Crippen molar-refractivity contribution in [3.8, 4) is 0 Å². The van der Waals surface area contributed by atoms with Gasteiger partial charge in [0.1, 0.15) is 5.84 Å². The number of rotatable bonds is 0. The van der Waals surface area contributed by atoms with Crippen LogP contribution in [0.15, 0.2) is 35.7 Å². The number of hydrogen-bond donors (Lipinski definition) is 1. The second-order valence-corrected chi connectivity index (χ2v) is 4.02. The molecule has 0 aromatic carbocycles. The van der Waals surface area contributed by atoms with Gasteiger partial charge in [0, 0.05) is 25.6 Å². The monoisotopic (exact) mass is 214 g/mol. The summed E-state index contributed by atoms with van der Waals surface area (Å²) in [5.41, 5.74) is 2.43. The molecule has 0 saturated heterocycles. The van der Waals surface area contributed by atoms with E-state index in [1.165, 1.54) is 11.4 Å². The van der Waals surface area contributed by atoms with Crippen LogP contribution in [0.4, 0.5) is 0 Å². The van der Waals surface area contributed by atoms with Gasteiger partial charge in [-0.2, -0.15) is 0 Å². The molecule has 82 valence electrons. The van der Waals surface area contributed by atoms with Crippen molar-refractivity contribution < 1.29 is 0 Å². The lowest BCUT2D eigenvalue weighted by Gasteiger charge is -2.28. The van der Waals surface area contributed by atoms with Crippen molar-refractivity contribution in [3.05, 3.63) is 42.1 Å². The molecule has 0 bridgehead atoms. The van der Waals surface area contributed by atoms with Gasteiger partial charge in [0.25, 0.3) is 0 Å². The van der Waals surface area contributed by atoms with Gasteiger partial charge in [-0.05, 0) is 6.08 Å². The third kappa shape index (κ3) is 1.66. The summed E-state index contributed by atoms with van der Waals surface area (Å²) in [6, 6.07) is 0. The molecule has 0 saturated carbocycles. The van der Waals surface area contributed by atoms with Crippen LogP contribution in [-0.4, -0.2) is 27.2 Å². The summed E-state index contributed by atoms with van der Waals surface area (Å²) >= 11 is 0. The van der Waals surface area contributed by atoms with Gasteiger partial charge >= 0.3 is 0 Å². The molecule has 3 rings (SSSR count). The molecule has 0 fully saturated rings. The van der Waals surface area contributed by atoms with Crippen LogP contribution in [0.3, 0.4) is 0 Å². The van der Waals surface area contributed by atoms with E-state index in [4.69, 9.17) is 0 Å². The maximum absolute atomic E-state index is 4.47. The number of fused-ring (bicyclic) bond motifs is 1. The third-order valence-electron chi connectivity index (χ3n) is 3.00. The van der Waals surface area contributed by atoms with Crippen molar-refractivity contribution in [2.45, 2.75) is 19.4 Å². The van der Waals surface area contributed by atoms with Crippen LogP contribution < -0.4 is 0 Å². The van der Waals surface area contributed by atoms with Gasteiger partial charge in [0.2, 0.25) is 0 Å². The van der Waals surface area contributed by atoms with Crippen molar-refractivity contribution >= 4 is 5.84 Å². The van der Waals surface area contributed by atoms with Crippen molar-refractivity contribution in [2.75, 3.05) is 6.54 Å². The quantitative estimate of drug-likeness (QED) is 0.713. The fourth-order valence-electron chi connectivity index (χ4n) is 2.13. The summed E-state index contributed by atoms with van der Waals surface area (Å²) in [5.74, 6) is 1.14. The molecule has 0 amide bonds. The number of aliphatic imine (C=N–C) groups is 1. The average molecular weight is 214 g/mol. The van der Waals surface area contributed by atoms with Gasteiger partial charge in [0.05, 0.1) is 24.3 Å². The van der Waals surface area contributed by atoms with E-state index in [9.17, 15) is 0 Å². The van der Waals surface area contributed by atoms with E-state index >= 15 is 0 Å². The lowest BCUT2D eigenvalue weighted by molar-refractivity contribution is 0.382. The highest BCUT2D eigenvalue weighted by molar-refractivity contribution is 5.84. The van der Waals surface area contributed by atoms with Gasteiger partial charge in [-0.1, -0.05) is 12.2 Å². The van der Waals surface area contributed by atoms with Gasteiger partial charge in [-0.3, -0.25) is 0 Å². The Morgan fingerprint density at radius 3 is 3.31 bits per heavy atom. The SMILES string of the molecule is C1=CCC(N2CCc3nc[nH]c3C2)=NC=C1. The number of nitrogens with zero attached hydrogens (tertiary/aromatic N) is 3. The number of aromatic amines is 1. The van der Waals surface area contributed by atoms with E-state index in [0.717, 1.165) is 31.8 Å². The topological polar surface area (TPSA) is 44.3 Å². The first-order valence-electron chi connectivity index (χ1n) is 5.58. The van der Waals surface area contributed by atoms with Crippen molar-refractivity contribution in [3.63, 3.8) is 0 Å². The smallest absolute Gasteiger partial charge is 0.108 e. The second kappa shape index (κ2) is 3.96. The van der Waals surface area contributed by atoms with E-state index in [-0.39, 0.29) is 0 Å². The summed E-state index contributed by atoms with van der Waals surface area (Å²) in [5, 5.41) is 0. The molecule has 0 aliphatic carbocycles. The van der Waals surface area contributed by atoms with Crippen LogP contribution in [-0.2, 0) is 13.0 Å². The minimum Gasteiger partial charge on any atom is -0.354 e. The van der Waals surface area contributed by atoms with Crippen molar-refractivity contribution in [1.29, 1.82) is 0 Å². The molecule has 0 unspecified atom stereocenters. The van der Waals surface area contributed by atoms with Crippen molar-refractivity contribution in [1.82, 2.24) is 14.9 Å². The summed E-state index contributed by atoms with van der Waals surface area (Å²) in [6.45, 7) is 1.91. The lowest BCUT2D eigenvalue weighted by Crippen LogP contribution is -2.35. The zero-order valence-corrected chi connectivity index (χ0v) is 9.06. The van der Waals surface area contributed by atoms with Crippen LogP contribution in [0.1, 0.15) is 17.8 Å². The highest BCUT2D eigenvalue weighted by atomic mass is 15.2. The van der Waals surface area contributed by atoms with Crippen LogP contribution in [0.25, 0.3) is 0 Å². The Labute approximate surface area is 94.4 Å². The van der Waals surface area contributed by atoms with Gasteiger partial charge in [-0.25, -0.2) is 9.98 Å². The minimum atomic E-state index is 0.899. The molecule has 2 aliphatic heterocycles. The Bertz CT molecular complexity index is 467. The number of hydrogen-bond acceptors (Lipinski definition) is 3. The van der Waals surface area contributed by atoms with Crippen LogP contribution in [0.2, 0.25) is 0 Å². The minimum absolute atomic E-state index is 0.899. The standard InChI is InChI=1S/C12H14N4/c1-2-4-12(13-6-3-1)16-7-5-10-11(8-16)15-9-14-10/h1-3,6,9H,4-5,7-8H2,(H,14,15). The summed E-state index contributed by atoms with van der Waals surface area (Å²) in [7, 11) is 0. The predicted octanol–water partition coefficient (Wildman–Crippen LogP) is 1.64. The van der Waals surface area contributed by atoms with E-state index in [2.05, 4.69) is 25.9 Å². The molecule has 2 aliphatic rings. The van der Waals surface area contributed by atoms with E-state index < -0.39 is 0 Å². The Balaban J connectivity index is 1.81. The molecule has 0 spiro atoms. The first-order chi connectivity index (χ1) is 7.93. The van der Waals surface area contributed by atoms with Gasteiger partial charge in [-0.15, -0.1) is 0 Å². The van der Waals surface area contributed by atoms with E-state index in [1.807, 2.05) is 18.4 Å². The predicted molar refractivity (Wildman–Crippen MR) is 63.0 cm³/mol. The largest absolute Gasteiger partial charge is 0.354 e. The molecule has 1 aromatic rings. The number of amidine groups is 1. The summed E-state index contributed by atoms with van der Waals surface area (Å²) < 4.78 is 0. The number of H-pyrrole nitrogens is 1. The lowest BCUT2D eigenvalue weighted by atomic mass is 10.1. The van der Waals surface area contributed by atoms with E-state index in [1.54, 1.807) is 6.33 Å². The van der Waals surface area contributed by atoms with E-state index in [0.29, 0.717) is 0 Å². The molecule has 1 aromatic heterocycles. The Morgan fingerprint density at radius 2 is 2.31 bits per heavy atom. The molecule has 0 atom stereocenters. The molecule has 3 heterocycles. The van der Waals surface area contributed by atoms with Crippen molar-refractivity contribution in [2.24, 2.45) is 4.99 Å². The fourth-order valence-corrected chi connectivity index (χ4v) is 2.13. The maximum atomic E-state index is 4.47. The normalized spacial score (nSPS) is 19.2. The molecular formula is C12H14N4. The van der Waals surface area contributed by atoms with Gasteiger partial charge in [0.15, 0.2) is 0 Å². The Kier molecular flexibility index (Phi) is 2.33. The number of imidazole rings is 1. The average Bonchev–Trinajstić information content (AvgIpc) is 2.61. The van der Waals surface area contributed by atoms with Crippen LogP contribution >= 0.6 is 0 Å². The zero-order valence-electron chi connectivity index (χ0n) is 9.06. The van der Waals surface area contributed by atoms with Gasteiger partial charge < -0.3 is 9.88 Å². The van der Waals surface area contributed by atoms with Crippen LogP contribution in [0, 0.1) is 0 Å². The number of nitrogens with one attached hydrogen (secondary N) is 1. The molecule has 16 heavy (non-hydrogen) atoms. The molecule has 4 nitrogen and oxygen atoms in total. The number of allylic oxidation sites excluding steroid dienone is 2. The molecule has 0 radical (unpaired) electrons. The summed E-state index contributed by atoms with van der Waals surface area (Å²) in [6.07, 6.45) is 11.7. The first kappa shape index (κ1) is 9.39. The highest BCUT2D eigenvalue weighted by Crippen LogP contribution is 2.16. The fraction of sp³-hybridized carbons (Fsp3) is 0.333. The molecule has 4 heteroatoms. The molecule has 1 N–H and O–H groups in total. The maximum Gasteiger partial charge on any atom is 0.108 e. The zero-order chi connectivity index (χ0) is 10.8. The number of aromatic nitrogens is 2. The summed E-state index contributed by atoms with van der Waals surface area (Å²) in [4.78, 5) is 14.3. The van der Waals surface area contributed by atoms with Crippen LogP contribution in [0.5, 0.6) is 0 Å². The Hall–Kier alpha value is -1.84. The second-order valence-electron chi connectivity index (χ2n) is 4.02. The highest BCUT2D eigenvalue weighted by Gasteiger charge is 2.20. The third-order valence-corrected chi connectivity index (χ3v) is 3.00. The molecular weight excluding hydrogens is 200 g/mol.